The summed E-state index contributed by atoms with van der Waals surface area (Å²) in [6.45, 7) is -0.393. The van der Waals surface area contributed by atoms with Gasteiger partial charge in [-0.15, -0.1) is 0 Å². The highest BCUT2D eigenvalue weighted by Gasteiger charge is 2.42. The molecule has 0 aromatic heterocycles. The Kier molecular flexibility index (Phi) is 7.27. The van der Waals surface area contributed by atoms with Crippen LogP contribution >= 0.6 is 0 Å². The van der Waals surface area contributed by atoms with Gasteiger partial charge >= 0.3 is 5.97 Å². The van der Waals surface area contributed by atoms with Gasteiger partial charge < -0.3 is 19.1 Å². The quantitative estimate of drug-likeness (QED) is 0.470. The first-order chi connectivity index (χ1) is 17.3. The number of ether oxygens (including phenoxy) is 3. The van der Waals surface area contributed by atoms with E-state index in [1.54, 1.807) is 48.5 Å². The van der Waals surface area contributed by atoms with Gasteiger partial charge in [0.1, 0.15) is 17.5 Å². The van der Waals surface area contributed by atoms with Gasteiger partial charge in [0, 0.05) is 12.2 Å². The molecule has 0 N–H and O–H groups in total. The topological polar surface area (TPSA) is 102 Å². The largest absolute Gasteiger partial charge is 0.497 e. The zero-order valence-electron chi connectivity index (χ0n) is 20.1. The molecule has 0 aliphatic carbocycles. The molecule has 0 saturated heterocycles. The summed E-state index contributed by atoms with van der Waals surface area (Å²) in [6.07, 6.45) is 0. The van der Waals surface area contributed by atoms with Crippen LogP contribution in [0.1, 0.15) is 15.9 Å². The van der Waals surface area contributed by atoms with E-state index in [1.165, 1.54) is 50.5 Å². The number of fused-ring (bicyclic) bond motifs is 1. The normalized spacial score (nSPS) is 16.0. The van der Waals surface area contributed by atoms with Gasteiger partial charge in [0.2, 0.25) is 10.0 Å². The van der Waals surface area contributed by atoms with Crippen LogP contribution in [0, 0.1) is 0 Å². The van der Waals surface area contributed by atoms with E-state index in [9.17, 15) is 18.0 Å². The van der Waals surface area contributed by atoms with Crippen LogP contribution in [-0.2, 0) is 26.1 Å². The molecule has 1 aliphatic rings. The Morgan fingerprint density at radius 2 is 1.53 bits per heavy atom. The Labute approximate surface area is 209 Å². The smallest absolute Gasteiger partial charge is 0.326 e. The lowest BCUT2D eigenvalue weighted by Gasteiger charge is -2.29. The van der Waals surface area contributed by atoms with Crippen molar-refractivity contribution >= 4 is 27.6 Å². The van der Waals surface area contributed by atoms with Gasteiger partial charge in [-0.25, -0.2) is 8.42 Å². The van der Waals surface area contributed by atoms with Crippen molar-refractivity contribution < 1.29 is 32.2 Å². The maximum absolute atomic E-state index is 13.8. The highest BCUT2D eigenvalue weighted by atomic mass is 32.2. The number of hydrogen-bond donors (Lipinski definition) is 0. The van der Waals surface area contributed by atoms with Gasteiger partial charge in [0.15, 0.2) is 0 Å². The summed E-state index contributed by atoms with van der Waals surface area (Å²) in [7, 11) is -0.0410. The number of esters is 1. The minimum absolute atomic E-state index is 0.0146. The second-order valence-electron chi connectivity index (χ2n) is 8.01. The van der Waals surface area contributed by atoms with Crippen LogP contribution in [0.25, 0.3) is 0 Å². The van der Waals surface area contributed by atoms with Crippen LogP contribution in [0.3, 0.4) is 0 Å². The number of hydrogen-bond acceptors (Lipinski definition) is 7. The average Bonchev–Trinajstić information content (AvgIpc) is 3.10. The number of benzene rings is 3. The summed E-state index contributed by atoms with van der Waals surface area (Å²) in [5.74, 6) is -0.356. The van der Waals surface area contributed by atoms with Crippen molar-refractivity contribution in [2.75, 3.05) is 32.8 Å². The fourth-order valence-corrected chi connectivity index (χ4v) is 5.72. The summed E-state index contributed by atoms with van der Waals surface area (Å²) >= 11 is 0. The first kappa shape index (κ1) is 25.2. The molecule has 4 rings (SSSR count). The van der Waals surface area contributed by atoms with Gasteiger partial charge in [-0.3, -0.25) is 9.59 Å². The summed E-state index contributed by atoms with van der Waals surface area (Å²) in [4.78, 5) is 28.1. The van der Waals surface area contributed by atoms with Crippen LogP contribution in [0.15, 0.2) is 77.7 Å². The Morgan fingerprint density at radius 3 is 2.19 bits per heavy atom. The monoisotopic (exact) mass is 510 g/mol. The van der Waals surface area contributed by atoms with Crippen LogP contribution in [0.4, 0.5) is 5.69 Å². The van der Waals surface area contributed by atoms with Crippen LogP contribution in [0.2, 0.25) is 0 Å². The van der Waals surface area contributed by atoms with Gasteiger partial charge in [0.05, 0.1) is 38.3 Å². The van der Waals surface area contributed by atoms with Crippen molar-refractivity contribution in [2.45, 2.75) is 17.5 Å². The highest BCUT2D eigenvalue weighted by molar-refractivity contribution is 7.89. The molecule has 0 saturated carbocycles. The Morgan fingerprint density at radius 1 is 0.861 bits per heavy atom. The summed E-state index contributed by atoms with van der Waals surface area (Å²) in [5, 5.41) is 0. The number of carbonyl (C=O) groups excluding carboxylic acids is 2. The number of sulfonamides is 1. The number of nitrogens with zero attached hydrogens (tertiary/aromatic N) is 2. The molecule has 1 heterocycles. The Balaban J connectivity index is 1.84. The van der Waals surface area contributed by atoms with Gasteiger partial charge in [0.25, 0.3) is 5.91 Å². The molecule has 0 spiro atoms. The molecule has 1 aliphatic heterocycles. The molecule has 36 heavy (non-hydrogen) atoms. The molecule has 1 atom stereocenters. The Bertz CT molecular complexity index is 1370. The van der Waals surface area contributed by atoms with Crippen molar-refractivity contribution in [3.8, 4) is 11.5 Å². The van der Waals surface area contributed by atoms with Crippen LogP contribution < -0.4 is 14.4 Å². The maximum Gasteiger partial charge on any atom is 0.326 e. The molecule has 3 aromatic carbocycles. The summed E-state index contributed by atoms with van der Waals surface area (Å²) in [5.41, 5.74) is 1.34. The van der Waals surface area contributed by atoms with Gasteiger partial charge in [-0.1, -0.05) is 30.3 Å². The zero-order valence-corrected chi connectivity index (χ0v) is 20.9. The maximum atomic E-state index is 13.8. The standard InChI is InChI=1S/C26H26N2O7S/c1-33-19-12-14-20(15-13-19)36(31,32)28-16-18-8-4-6-10-22(18)27(17-23(28)26(30)35-3)25(29)21-9-5-7-11-24(21)34-2/h4-15,23H,16-17H2,1-3H3. The van der Waals surface area contributed by atoms with Gasteiger partial charge in [-0.05, 0) is 48.0 Å². The molecule has 0 radical (unpaired) electrons. The number of carbonyl (C=O) groups is 2. The fourth-order valence-electron chi connectivity index (χ4n) is 4.17. The summed E-state index contributed by atoms with van der Waals surface area (Å²) in [6, 6.07) is 18.3. The third-order valence-corrected chi connectivity index (χ3v) is 7.90. The van der Waals surface area contributed by atoms with Crippen molar-refractivity contribution in [1.29, 1.82) is 0 Å². The van der Waals surface area contributed by atoms with Gasteiger partial charge in [-0.2, -0.15) is 4.31 Å². The number of methoxy groups -OCH3 is 3. The lowest BCUT2D eigenvalue weighted by atomic mass is 10.1. The van der Waals surface area contributed by atoms with Crippen molar-refractivity contribution in [3.63, 3.8) is 0 Å². The predicted octanol–water partition coefficient (Wildman–Crippen LogP) is 3.10. The lowest BCUT2D eigenvalue weighted by Crippen LogP contribution is -2.50. The minimum Gasteiger partial charge on any atom is -0.497 e. The van der Waals surface area contributed by atoms with E-state index < -0.39 is 27.9 Å². The molecular weight excluding hydrogens is 484 g/mol. The van der Waals surface area contributed by atoms with Crippen molar-refractivity contribution in [1.82, 2.24) is 4.31 Å². The molecular formula is C26H26N2O7S. The lowest BCUT2D eigenvalue weighted by molar-refractivity contribution is -0.144. The van der Waals surface area contributed by atoms with E-state index in [1.807, 2.05) is 0 Å². The number of rotatable bonds is 6. The molecule has 3 aromatic rings. The molecule has 0 bridgehead atoms. The third-order valence-electron chi connectivity index (χ3n) is 6.03. The minimum atomic E-state index is -4.17. The molecule has 0 fully saturated rings. The highest BCUT2D eigenvalue weighted by Crippen LogP contribution is 2.33. The van der Waals surface area contributed by atoms with E-state index in [-0.39, 0.29) is 23.5 Å². The zero-order chi connectivity index (χ0) is 25.9. The summed E-state index contributed by atoms with van der Waals surface area (Å²) < 4.78 is 44.1. The number of amides is 1. The fraction of sp³-hybridized carbons (Fsp3) is 0.231. The molecule has 188 valence electrons. The van der Waals surface area contributed by atoms with Crippen LogP contribution in [0.5, 0.6) is 11.5 Å². The first-order valence-electron chi connectivity index (χ1n) is 11.1. The van der Waals surface area contributed by atoms with E-state index in [0.29, 0.717) is 22.7 Å². The van der Waals surface area contributed by atoms with Crippen molar-refractivity contribution in [2.24, 2.45) is 0 Å². The third kappa shape index (κ3) is 4.65. The second-order valence-corrected chi connectivity index (χ2v) is 9.90. The SMILES string of the molecule is COC(=O)C1CN(C(=O)c2ccccc2OC)c2ccccc2CN1S(=O)(=O)c1ccc(OC)cc1. The average molecular weight is 511 g/mol. The van der Waals surface area contributed by atoms with Crippen LogP contribution in [-0.4, -0.2) is 58.5 Å². The number of para-hydroxylation sites is 2. The first-order valence-corrected chi connectivity index (χ1v) is 12.5. The number of anilines is 1. The second kappa shape index (κ2) is 10.4. The molecule has 10 heteroatoms. The van der Waals surface area contributed by atoms with Crippen molar-refractivity contribution in [3.05, 3.63) is 83.9 Å². The predicted molar refractivity (Wildman–Crippen MR) is 133 cm³/mol. The van der Waals surface area contributed by atoms with E-state index in [2.05, 4.69) is 0 Å². The molecule has 9 nitrogen and oxygen atoms in total. The van der Waals surface area contributed by atoms with E-state index in [0.717, 1.165) is 4.31 Å². The Hall–Kier alpha value is -3.89. The molecule has 1 unspecified atom stereocenters. The van der Waals surface area contributed by atoms with E-state index >= 15 is 0 Å². The van der Waals surface area contributed by atoms with E-state index in [4.69, 9.17) is 14.2 Å². The molecule has 1 amide bonds.